The average Bonchev–Trinajstić information content (AvgIpc) is 2.30. The first-order valence-electron chi connectivity index (χ1n) is 5.73. The Labute approximate surface area is 102 Å². The molecule has 0 aromatic heterocycles. The lowest BCUT2D eigenvalue weighted by molar-refractivity contribution is 0.0827. The number of fused-ring (bicyclic) bond motifs is 1. The summed E-state index contributed by atoms with van der Waals surface area (Å²) in [6, 6.07) is 10.2. The summed E-state index contributed by atoms with van der Waals surface area (Å²) in [5, 5.41) is 2.39. The van der Waals surface area contributed by atoms with Crippen LogP contribution in [0.2, 0.25) is 0 Å². The summed E-state index contributed by atoms with van der Waals surface area (Å²) >= 11 is 0. The monoisotopic (exact) mass is 227 g/mol. The normalized spacial score (nSPS) is 10.6. The third-order valence-electron chi connectivity index (χ3n) is 3.19. The number of hydrogen-bond donors (Lipinski definition) is 0. The number of nitrogens with zero attached hydrogens (tertiary/aromatic N) is 1. The molecule has 0 heterocycles. The summed E-state index contributed by atoms with van der Waals surface area (Å²) in [6.07, 6.45) is 0. The van der Waals surface area contributed by atoms with Crippen molar-refractivity contribution in [2.45, 2.75) is 13.8 Å². The van der Waals surface area contributed by atoms with E-state index in [0.29, 0.717) is 0 Å². The van der Waals surface area contributed by atoms with E-state index in [1.807, 2.05) is 25.1 Å². The molecule has 88 valence electrons. The van der Waals surface area contributed by atoms with Gasteiger partial charge in [0.1, 0.15) is 0 Å². The highest BCUT2D eigenvalue weighted by molar-refractivity contribution is 6.01. The second-order valence-electron chi connectivity index (χ2n) is 4.61. The molecular formula is C15H17NO. The van der Waals surface area contributed by atoms with Gasteiger partial charge >= 0.3 is 0 Å². The number of carbonyl (C=O) groups is 1. The van der Waals surface area contributed by atoms with E-state index < -0.39 is 0 Å². The van der Waals surface area contributed by atoms with E-state index in [0.717, 1.165) is 16.5 Å². The Bertz CT molecular complexity index is 585. The standard InChI is InChI=1S/C15H17NO/c1-10-6-5-7-13-11(2)14(9-8-12(10)13)15(17)16(3)4/h5-9H,1-4H3. The van der Waals surface area contributed by atoms with Crippen LogP contribution in [-0.2, 0) is 0 Å². The first-order valence-corrected chi connectivity index (χ1v) is 5.73. The maximum absolute atomic E-state index is 12.0. The van der Waals surface area contributed by atoms with Gasteiger partial charge in [-0.15, -0.1) is 0 Å². The van der Waals surface area contributed by atoms with E-state index in [1.165, 1.54) is 10.9 Å². The molecule has 0 saturated carbocycles. The Morgan fingerprint density at radius 2 is 1.71 bits per heavy atom. The third kappa shape index (κ3) is 1.91. The summed E-state index contributed by atoms with van der Waals surface area (Å²) in [5.41, 5.74) is 3.09. The van der Waals surface area contributed by atoms with Crippen LogP contribution in [-0.4, -0.2) is 24.9 Å². The van der Waals surface area contributed by atoms with Crippen molar-refractivity contribution in [3.8, 4) is 0 Å². The molecule has 0 spiro atoms. The fourth-order valence-electron chi connectivity index (χ4n) is 2.14. The van der Waals surface area contributed by atoms with Gasteiger partial charge < -0.3 is 4.90 Å². The third-order valence-corrected chi connectivity index (χ3v) is 3.19. The molecule has 0 atom stereocenters. The van der Waals surface area contributed by atoms with E-state index in [-0.39, 0.29) is 5.91 Å². The van der Waals surface area contributed by atoms with E-state index in [1.54, 1.807) is 19.0 Å². The molecule has 0 unspecified atom stereocenters. The molecule has 17 heavy (non-hydrogen) atoms. The first kappa shape index (κ1) is 11.6. The molecule has 0 aliphatic heterocycles. The van der Waals surface area contributed by atoms with E-state index >= 15 is 0 Å². The van der Waals surface area contributed by atoms with Gasteiger partial charge in [-0.05, 0) is 41.8 Å². The van der Waals surface area contributed by atoms with Crippen LogP contribution in [0.25, 0.3) is 10.8 Å². The molecule has 0 saturated heterocycles. The molecule has 1 amide bonds. The quantitative estimate of drug-likeness (QED) is 0.732. The maximum Gasteiger partial charge on any atom is 0.253 e. The Morgan fingerprint density at radius 3 is 2.35 bits per heavy atom. The maximum atomic E-state index is 12.0. The Morgan fingerprint density at radius 1 is 1.00 bits per heavy atom. The number of carbonyl (C=O) groups excluding carboxylic acids is 1. The first-order chi connectivity index (χ1) is 8.02. The van der Waals surface area contributed by atoms with E-state index in [2.05, 4.69) is 19.1 Å². The fraction of sp³-hybridized carbons (Fsp3) is 0.267. The molecule has 2 aromatic carbocycles. The Kier molecular flexibility index (Phi) is 2.88. The predicted molar refractivity (Wildman–Crippen MR) is 71.4 cm³/mol. The molecule has 0 fully saturated rings. The van der Waals surface area contributed by atoms with E-state index in [4.69, 9.17) is 0 Å². The van der Waals surface area contributed by atoms with Gasteiger partial charge in [-0.2, -0.15) is 0 Å². The Balaban J connectivity index is 2.71. The number of rotatable bonds is 1. The molecule has 0 bridgehead atoms. The van der Waals surface area contributed by atoms with Crippen molar-refractivity contribution in [3.05, 3.63) is 47.0 Å². The molecule has 2 nitrogen and oxygen atoms in total. The van der Waals surface area contributed by atoms with Crippen molar-refractivity contribution in [2.24, 2.45) is 0 Å². The van der Waals surface area contributed by atoms with Crippen LogP contribution in [0.4, 0.5) is 0 Å². The molecule has 0 aliphatic carbocycles. The van der Waals surface area contributed by atoms with Crippen LogP contribution >= 0.6 is 0 Å². The van der Waals surface area contributed by atoms with Crippen LogP contribution in [0, 0.1) is 13.8 Å². The van der Waals surface area contributed by atoms with Crippen LogP contribution in [0.15, 0.2) is 30.3 Å². The number of benzene rings is 2. The summed E-state index contributed by atoms with van der Waals surface area (Å²) in [5.74, 6) is 0.0610. The minimum Gasteiger partial charge on any atom is -0.345 e. The van der Waals surface area contributed by atoms with Crippen molar-refractivity contribution in [2.75, 3.05) is 14.1 Å². The van der Waals surface area contributed by atoms with Gasteiger partial charge in [-0.1, -0.05) is 24.3 Å². The molecular weight excluding hydrogens is 210 g/mol. The van der Waals surface area contributed by atoms with Crippen molar-refractivity contribution < 1.29 is 4.79 Å². The van der Waals surface area contributed by atoms with E-state index in [9.17, 15) is 4.79 Å². The molecule has 2 heteroatoms. The number of amides is 1. The highest BCUT2D eigenvalue weighted by atomic mass is 16.2. The van der Waals surface area contributed by atoms with Crippen LogP contribution in [0.5, 0.6) is 0 Å². The minimum atomic E-state index is 0.0610. The number of aryl methyl sites for hydroxylation is 2. The molecule has 2 rings (SSSR count). The van der Waals surface area contributed by atoms with Crippen LogP contribution < -0.4 is 0 Å². The second-order valence-corrected chi connectivity index (χ2v) is 4.61. The van der Waals surface area contributed by atoms with Gasteiger partial charge in [0.05, 0.1) is 0 Å². The lowest BCUT2D eigenvalue weighted by Crippen LogP contribution is -2.22. The molecule has 0 radical (unpaired) electrons. The molecule has 2 aromatic rings. The van der Waals surface area contributed by atoms with Crippen molar-refractivity contribution >= 4 is 16.7 Å². The summed E-state index contributed by atoms with van der Waals surface area (Å²) < 4.78 is 0. The van der Waals surface area contributed by atoms with Crippen LogP contribution in [0.3, 0.4) is 0 Å². The Hall–Kier alpha value is -1.83. The molecule has 0 aliphatic rings. The topological polar surface area (TPSA) is 20.3 Å². The average molecular weight is 227 g/mol. The van der Waals surface area contributed by atoms with Gasteiger partial charge in [0, 0.05) is 19.7 Å². The summed E-state index contributed by atoms with van der Waals surface area (Å²) in [4.78, 5) is 13.6. The minimum absolute atomic E-state index is 0.0610. The lowest BCUT2D eigenvalue weighted by Gasteiger charge is -2.14. The van der Waals surface area contributed by atoms with Gasteiger partial charge in [-0.25, -0.2) is 0 Å². The largest absolute Gasteiger partial charge is 0.345 e. The fourth-order valence-corrected chi connectivity index (χ4v) is 2.14. The zero-order valence-corrected chi connectivity index (χ0v) is 10.7. The zero-order chi connectivity index (χ0) is 12.6. The molecule has 0 N–H and O–H groups in total. The summed E-state index contributed by atoms with van der Waals surface area (Å²) in [7, 11) is 3.56. The van der Waals surface area contributed by atoms with Gasteiger partial charge in [-0.3, -0.25) is 4.79 Å². The second kappa shape index (κ2) is 4.21. The highest BCUT2D eigenvalue weighted by Gasteiger charge is 2.13. The van der Waals surface area contributed by atoms with Gasteiger partial charge in [0.25, 0.3) is 5.91 Å². The van der Waals surface area contributed by atoms with Crippen molar-refractivity contribution in [1.82, 2.24) is 4.90 Å². The number of hydrogen-bond acceptors (Lipinski definition) is 1. The highest BCUT2D eigenvalue weighted by Crippen LogP contribution is 2.24. The van der Waals surface area contributed by atoms with Gasteiger partial charge in [0.2, 0.25) is 0 Å². The van der Waals surface area contributed by atoms with Crippen LogP contribution in [0.1, 0.15) is 21.5 Å². The zero-order valence-electron chi connectivity index (χ0n) is 10.7. The lowest BCUT2D eigenvalue weighted by atomic mass is 9.97. The SMILES string of the molecule is Cc1cccc2c(C)c(C(=O)N(C)C)ccc12. The van der Waals surface area contributed by atoms with Crippen molar-refractivity contribution in [1.29, 1.82) is 0 Å². The van der Waals surface area contributed by atoms with Gasteiger partial charge in [0.15, 0.2) is 0 Å². The summed E-state index contributed by atoms with van der Waals surface area (Å²) in [6.45, 7) is 4.10. The van der Waals surface area contributed by atoms with Crippen molar-refractivity contribution in [3.63, 3.8) is 0 Å². The predicted octanol–water partition coefficient (Wildman–Crippen LogP) is 3.16. The smallest absolute Gasteiger partial charge is 0.253 e.